The van der Waals surface area contributed by atoms with Gasteiger partial charge in [0.2, 0.25) is 17.7 Å². The minimum Gasteiger partial charge on any atom is -0.339 e. The Kier molecular flexibility index (Phi) is 5.83. The zero-order valence-electron chi connectivity index (χ0n) is 16.8. The summed E-state index contributed by atoms with van der Waals surface area (Å²) >= 11 is 0. The number of carbonyl (C=O) groups is 2. The van der Waals surface area contributed by atoms with Gasteiger partial charge in [0.25, 0.3) is 0 Å². The highest BCUT2D eigenvalue weighted by molar-refractivity contribution is 5.89. The average molecular weight is 405 g/mol. The number of benzene rings is 1. The molecule has 2 amide bonds. The number of piperazine rings is 1. The van der Waals surface area contributed by atoms with Crippen molar-refractivity contribution in [3.63, 3.8) is 0 Å². The van der Waals surface area contributed by atoms with E-state index in [0.29, 0.717) is 31.3 Å². The smallest absolute Gasteiger partial charge is 0.246 e. The van der Waals surface area contributed by atoms with Crippen LogP contribution in [-0.4, -0.2) is 55.9 Å². The summed E-state index contributed by atoms with van der Waals surface area (Å²) in [6.07, 6.45) is 3.73. The van der Waals surface area contributed by atoms with Crippen LogP contribution >= 0.6 is 0 Å². The van der Waals surface area contributed by atoms with Crippen molar-refractivity contribution in [2.75, 3.05) is 13.1 Å². The van der Waals surface area contributed by atoms with Crippen LogP contribution < -0.4 is 0 Å². The van der Waals surface area contributed by atoms with Crippen LogP contribution in [0.15, 0.2) is 59.4 Å². The van der Waals surface area contributed by atoms with Crippen LogP contribution in [0.2, 0.25) is 0 Å². The molecule has 2 aromatic heterocycles. The van der Waals surface area contributed by atoms with Crippen molar-refractivity contribution in [3.05, 3.63) is 77.7 Å². The highest BCUT2D eigenvalue weighted by Gasteiger charge is 2.38. The summed E-state index contributed by atoms with van der Waals surface area (Å²) in [7, 11) is 0. The van der Waals surface area contributed by atoms with E-state index in [1.165, 1.54) is 0 Å². The number of amides is 2. The fourth-order valence-corrected chi connectivity index (χ4v) is 3.66. The van der Waals surface area contributed by atoms with Gasteiger partial charge in [-0.2, -0.15) is 4.98 Å². The molecular weight excluding hydrogens is 382 g/mol. The molecule has 8 heteroatoms. The van der Waals surface area contributed by atoms with Crippen LogP contribution in [-0.2, 0) is 29.0 Å². The van der Waals surface area contributed by atoms with Crippen molar-refractivity contribution >= 4 is 11.8 Å². The Morgan fingerprint density at radius 1 is 1.10 bits per heavy atom. The van der Waals surface area contributed by atoms with Gasteiger partial charge in [0.05, 0.1) is 12.8 Å². The number of hydrogen-bond acceptors (Lipinski definition) is 6. The van der Waals surface area contributed by atoms with Gasteiger partial charge in [-0.05, 0) is 30.2 Å². The number of hydrogen-bond donors (Lipinski definition) is 0. The van der Waals surface area contributed by atoms with Gasteiger partial charge in [0, 0.05) is 32.0 Å². The summed E-state index contributed by atoms with van der Waals surface area (Å²) < 4.78 is 5.24. The molecule has 0 aliphatic carbocycles. The van der Waals surface area contributed by atoms with E-state index in [-0.39, 0.29) is 24.7 Å². The van der Waals surface area contributed by atoms with Gasteiger partial charge in [-0.25, -0.2) is 0 Å². The predicted octanol–water partition coefficient (Wildman–Crippen LogP) is 1.80. The molecule has 0 radical (unpaired) electrons. The lowest BCUT2D eigenvalue weighted by Gasteiger charge is -2.40. The van der Waals surface area contributed by atoms with Crippen molar-refractivity contribution in [3.8, 4) is 0 Å². The number of rotatable bonds is 6. The van der Waals surface area contributed by atoms with Crippen molar-refractivity contribution in [2.24, 2.45) is 0 Å². The van der Waals surface area contributed by atoms with Crippen molar-refractivity contribution in [1.82, 2.24) is 24.9 Å². The van der Waals surface area contributed by atoms with Gasteiger partial charge in [-0.1, -0.05) is 35.5 Å². The molecule has 1 unspecified atom stereocenters. The maximum absolute atomic E-state index is 13.3. The lowest BCUT2D eigenvalue weighted by molar-refractivity contribution is -0.151. The fourth-order valence-electron chi connectivity index (χ4n) is 3.66. The standard InChI is InChI=1S/C22H23N5O3/c1-16-24-20(30-25-16)14-19-22(29)26(15-18-5-3-2-4-6-18)11-12-27(19)21(28)13-17-7-9-23-10-8-17/h2-10,19H,11-15H2,1H3. The molecule has 30 heavy (non-hydrogen) atoms. The van der Waals surface area contributed by atoms with E-state index in [1.807, 2.05) is 42.5 Å². The first kappa shape index (κ1) is 19.8. The summed E-state index contributed by atoms with van der Waals surface area (Å²) in [5.74, 6) is 0.650. The van der Waals surface area contributed by atoms with E-state index < -0.39 is 6.04 Å². The summed E-state index contributed by atoms with van der Waals surface area (Å²) in [4.78, 5) is 38.0. The average Bonchev–Trinajstić information content (AvgIpc) is 3.17. The van der Waals surface area contributed by atoms with E-state index in [4.69, 9.17) is 4.52 Å². The fraction of sp³-hybridized carbons (Fsp3) is 0.318. The minimum atomic E-state index is -0.670. The maximum atomic E-state index is 13.3. The van der Waals surface area contributed by atoms with Crippen molar-refractivity contribution in [2.45, 2.75) is 32.4 Å². The Morgan fingerprint density at radius 3 is 2.57 bits per heavy atom. The monoisotopic (exact) mass is 405 g/mol. The summed E-state index contributed by atoms with van der Waals surface area (Å²) in [6, 6.07) is 12.8. The van der Waals surface area contributed by atoms with Crippen LogP contribution in [0.1, 0.15) is 22.8 Å². The Bertz CT molecular complexity index is 1010. The van der Waals surface area contributed by atoms with E-state index in [1.54, 1.807) is 29.1 Å². The number of nitrogens with zero attached hydrogens (tertiary/aromatic N) is 5. The van der Waals surface area contributed by atoms with E-state index >= 15 is 0 Å². The molecule has 3 aromatic rings. The topological polar surface area (TPSA) is 92.4 Å². The number of aryl methyl sites for hydroxylation is 1. The summed E-state index contributed by atoms with van der Waals surface area (Å²) in [6.45, 7) is 3.17. The van der Waals surface area contributed by atoms with Gasteiger partial charge in [0.15, 0.2) is 5.82 Å². The SMILES string of the molecule is Cc1noc(CC2C(=O)N(Cc3ccccc3)CCN2C(=O)Cc2ccncc2)n1. The zero-order chi connectivity index (χ0) is 20.9. The van der Waals surface area contributed by atoms with E-state index in [9.17, 15) is 9.59 Å². The van der Waals surface area contributed by atoms with Crippen LogP contribution in [0.4, 0.5) is 0 Å². The second-order valence-electron chi connectivity index (χ2n) is 7.32. The first-order valence-corrected chi connectivity index (χ1v) is 9.90. The molecule has 0 spiro atoms. The Labute approximate surface area is 174 Å². The molecule has 4 rings (SSSR count). The molecule has 0 bridgehead atoms. The van der Waals surface area contributed by atoms with Crippen LogP contribution in [0.3, 0.4) is 0 Å². The second-order valence-corrected chi connectivity index (χ2v) is 7.32. The molecule has 1 atom stereocenters. The normalized spacial score (nSPS) is 16.7. The van der Waals surface area contributed by atoms with E-state index in [0.717, 1.165) is 11.1 Å². The molecule has 0 saturated carbocycles. The maximum Gasteiger partial charge on any atom is 0.246 e. The van der Waals surface area contributed by atoms with Crippen LogP contribution in [0.5, 0.6) is 0 Å². The molecule has 1 aliphatic rings. The van der Waals surface area contributed by atoms with Crippen LogP contribution in [0.25, 0.3) is 0 Å². The molecule has 1 fully saturated rings. The first-order valence-electron chi connectivity index (χ1n) is 9.90. The van der Waals surface area contributed by atoms with Gasteiger partial charge in [-0.3, -0.25) is 14.6 Å². The number of pyridine rings is 1. The molecule has 0 N–H and O–H groups in total. The minimum absolute atomic E-state index is 0.102. The Hall–Kier alpha value is -3.55. The number of aromatic nitrogens is 3. The highest BCUT2D eigenvalue weighted by atomic mass is 16.5. The Balaban J connectivity index is 1.54. The lowest BCUT2D eigenvalue weighted by Crippen LogP contribution is -2.59. The van der Waals surface area contributed by atoms with Crippen molar-refractivity contribution < 1.29 is 14.1 Å². The summed E-state index contributed by atoms with van der Waals surface area (Å²) in [5.41, 5.74) is 1.91. The third-order valence-corrected chi connectivity index (χ3v) is 5.16. The predicted molar refractivity (Wildman–Crippen MR) is 108 cm³/mol. The molecule has 1 aliphatic heterocycles. The molecular formula is C22H23N5O3. The van der Waals surface area contributed by atoms with Gasteiger partial charge >= 0.3 is 0 Å². The molecule has 1 aromatic carbocycles. The zero-order valence-corrected chi connectivity index (χ0v) is 16.8. The van der Waals surface area contributed by atoms with Gasteiger partial charge in [-0.15, -0.1) is 0 Å². The number of carbonyl (C=O) groups excluding carboxylic acids is 2. The largest absolute Gasteiger partial charge is 0.339 e. The van der Waals surface area contributed by atoms with Gasteiger partial charge < -0.3 is 14.3 Å². The third-order valence-electron chi connectivity index (χ3n) is 5.16. The highest BCUT2D eigenvalue weighted by Crippen LogP contribution is 2.19. The van der Waals surface area contributed by atoms with E-state index in [2.05, 4.69) is 15.1 Å². The quantitative estimate of drug-likeness (QED) is 0.621. The van der Waals surface area contributed by atoms with Crippen molar-refractivity contribution in [1.29, 1.82) is 0 Å². The van der Waals surface area contributed by atoms with Crippen LogP contribution in [0, 0.1) is 6.92 Å². The second kappa shape index (κ2) is 8.86. The first-order chi connectivity index (χ1) is 14.6. The molecule has 154 valence electrons. The molecule has 3 heterocycles. The van der Waals surface area contributed by atoms with Gasteiger partial charge in [0.1, 0.15) is 6.04 Å². The molecule has 8 nitrogen and oxygen atoms in total. The Morgan fingerprint density at radius 2 is 1.87 bits per heavy atom. The lowest BCUT2D eigenvalue weighted by atomic mass is 10.0. The third kappa shape index (κ3) is 4.53. The molecule has 1 saturated heterocycles. The summed E-state index contributed by atoms with van der Waals surface area (Å²) in [5, 5.41) is 3.81.